The van der Waals surface area contributed by atoms with Gasteiger partial charge in [-0.3, -0.25) is 0 Å². The topological polar surface area (TPSA) is 43.8 Å². The standard InChI is InChI=1S/C12H13N3/c13-12-14-11(8-15(12)10-6-7-10)9-4-2-1-3-5-9/h1-5,8,10H,6-7H2,(H2,13,14). The molecule has 2 aromatic rings. The molecule has 76 valence electrons. The third-order valence-electron chi connectivity index (χ3n) is 2.77. The van der Waals surface area contributed by atoms with Crippen molar-refractivity contribution >= 4 is 5.95 Å². The molecule has 1 aliphatic carbocycles. The first-order chi connectivity index (χ1) is 7.34. The summed E-state index contributed by atoms with van der Waals surface area (Å²) in [4.78, 5) is 4.38. The summed E-state index contributed by atoms with van der Waals surface area (Å²) in [5, 5.41) is 0. The van der Waals surface area contributed by atoms with Gasteiger partial charge in [0, 0.05) is 17.8 Å². The summed E-state index contributed by atoms with van der Waals surface area (Å²) in [6, 6.07) is 10.7. The second-order valence-corrected chi connectivity index (χ2v) is 3.99. The Kier molecular flexibility index (Phi) is 1.78. The van der Waals surface area contributed by atoms with Gasteiger partial charge in [0.15, 0.2) is 0 Å². The van der Waals surface area contributed by atoms with Crippen LogP contribution in [-0.2, 0) is 0 Å². The van der Waals surface area contributed by atoms with Crippen LogP contribution in [-0.4, -0.2) is 9.55 Å². The van der Waals surface area contributed by atoms with Crippen molar-refractivity contribution in [1.82, 2.24) is 9.55 Å². The fourth-order valence-corrected chi connectivity index (χ4v) is 1.80. The molecule has 3 nitrogen and oxygen atoms in total. The third kappa shape index (κ3) is 1.50. The molecule has 0 radical (unpaired) electrons. The number of nitrogens with two attached hydrogens (primary N) is 1. The van der Waals surface area contributed by atoms with E-state index >= 15 is 0 Å². The summed E-state index contributed by atoms with van der Waals surface area (Å²) in [7, 11) is 0. The van der Waals surface area contributed by atoms with Crippen molar-refractivity contribution in [2.24, 2.45) is 0 Å². The maximum Gasteiger partial charge on any atom is 0.200 e. The quantitative estimate of drug-likeness (QED) is 0.807. The number of imidazole rings is 1. The summed E-state index contributed by atoms with van der Waals surface area (Å²) < 4.78 is 2.09. The molecule has 0 unspecified atom stereocenters. The molecule has 1 aromatic heterocycles. The van der Waals surface area contributed by atoms with Crippen LogP contribution in [0, 0.1) is 0 Å². The molecule has 0 saturated heterocycles. The Hall–Kier alpha value is -1.77. The van der Waals surface area contributed by atoms with Crippen LogP contribution in [0.4, 0.5) is 5.95 Å². The predicted octanol–water partition coefficient (Wildman–Crippen LogP) is 2.47. The number of hydrogen-bond acceptors (Lipinski definition) is 2. The van der Waals surface area contributed by atoms with E-state index < -0.39 is 0 Å². The highest BCUT2D eigenvalue weighted by Crippen LogP contribution is 2.37. The summed E-state index contributed by atoms with van der Waals surface area (Å²) in [5.74, 6) is 0.636. The van der Waals surface area contributed by atoms with Crippen LogP contribution < -0.4 is 5.73 Å². The monoisotopic (exact) mass is 199 g/mol. The molecule has 0 bridgehead atoms. The first-order valence-corrected chi connectivity index (χ1v) is 5.24. The number of rotatable bonds is 2. The lowest BCUT2D eigenvalue weighted by atomic mass is 10.2. The molecule has 15 heavy (non-hydrogen) atoms. The second kappa shape index (κ2) is 3.12. The van der Waals surface area contributed by atoms with Gasteiger partial charge in [0.1, 0.15) is 0 Å². The number of anilines is 1. The first-order valence-electron chi connectivity index (χ1n) is 5.24. The molecule has 0 spiro atoms. The Bertz CT molecular complexity index is 469. The molecule has 0 aliphatic heterocycles. The van der Waals surface area contributed by atoms with Crippen molar-refractivity contribution in [3.05, 3.63) is 36.5 Å². The Labute approximate surface area is 88.6 Å². The van der Waals surface area contributed by atoms with Gasteiger partial charge in [-0.1, -0.05) is 30.3 Å². The average molecular weight is 199 g/mol. The van der Waals surface area contributed by atoms with Gasteiger partial charge < -0.3 is 10.3 Å². The smallest absolute Gasteiger partial charge is 0.200 e. The fraction of sp³-hybridized carbons (Fsp3) is 0.250. The molecular weight excluding hydrogens is 186 g/mol. The van der Waals surface area contributed by atoms with Crippen molar-refractivity contribution < 1.29 is 0 Å². The first kappa shape index (κ1) is 8.53. The third-order valence-corrected chi connectivity index (χ3v) is 2.77. The molecule has 0 atom stereocenters. The fourth-order valence-electron chi connectivity index (χ4n) is 1.80. The second-order valence-electron chi connectivity index (χ2n) is 3.99. The SMILES string of the molecule is Nc1nc(-c2ccccc2)cn1C1CC1. The molecule has 1 aromatic carbocycles. The molecule has 3 rings (SSSR count). The van der Waals surface area contributed by atoms with Crippen LogP contribution in [0.1, 0.15) is 18.9 Å². The van der Waals surface area contributed by atoms with Gasteiger partial charge in [-0.2, -0.15) is 0 Å². The van der Waals surface area contributed by atoms with Gasteiger partial charge >= 0.3 is 0 Å². The summed E-state index contributed by atoms with van der Waals surface area (Å²) >= 11 is 0. The van der Waals surface area contributed by atoms with E-state index in [2.05, 4.69) is 27.9 Å². The van der Waals surface area contributed by atoms with E-state index in [4.69, 9.17) is 5.73 Å². The van der Waals surface area contributed by atoms with Gasteiger partial charge in [-0.05, 0) is 12.8 Å². The van der Waals surface area contributed by atoms with Gasteiger partial charge in [0.05, 0.1) is 5.69 Å². The van der Waals surface area contributed by atoms with Crippen molar-refractivity contribution in [3.8, 4) is 11.3 Å². The van der Waals surface area contributed by atoms with E-state index in [9.17, 15) is 0 Å². The Morgan fingerprint density at radius 1 is 1.20 bits per heavy atom. The lowest BCUT2D eigenvalue weighted by Gasteiger charge is -1.98. The van der Waals surface area contributed by atoms with Crippen LogP contribution >= 0.6 is 0 Å². The maximum atomic E-state index is 5.87. The minimum absolute atomic E-state index is 0.593. The normalized spacial score (nSPS) is 15.5. The van der Waals surface area contributed by atoms with Crippen molar-refractivity contribution in [1.29, 1.82) is 0 Å². The Balaban J connectivity index is 2.02. The Morgan fingerprint density at radius 2 is 1.93 bits per heavy atom. The molecule has 1 aliphatic rings. The zero-order valence-electron chi connectivity index (χ0n) is 8.43. The number of aromatic nitrogens is 2. The molecule has 1 heterocycles. The van der Waals surface area contributed by atoms with E-state index in [1.165, 1.54) is 12.8 Å². The average Bonchev–Trinajstić information content (AvgIpc) is 3.04. The molecule has 0 amide bonds. The highest BCUT2D eigenvalue weighted by atomic mass is 15.2. The molecule has 3 heteroatoms. The van der Waals surface area contributed by atoms with E-state index in [1.54, 1.807) is 0 Å². The van der Waals surface area contributed by atoms with Crippen LogP contribution in [0.25, 0.3) is 11.3 Å². The number of nitrogens with zero attached hydrogens (tertiary/aromatic N) is 2. The van der Waals surface area contributed by atoms with E-state index in [-0.39, 0.29) is 0 Å². The lowest BCUT2D eigenvalue weighted by molar-refractivity contribution is 0.753. The summed E-state index contributed by atoms with van der Waals surface area (Å²) in [6.07, 6.45) is 4.52. The summed E-state index contributed by atoms with van der Waals surface area (Å²) in [5.41, 5.74) is 7.97. The zero-order valence-corrected chi connectivity index (χ0v) is 8.43. The molecular formula is C12H13N3. The largest absolute Gasteiger partial charge is 0.369 e. The number of hydrogen-bond donors (Lipinski definition) is 1. The van der Waals surface area contributed by atoms with Crippen LogP contribution in [0.15, 0.2) is 36.5 Å². The Morgan fingerprint density at radius 3 is 2.60 bits per heavy atom. The van der Waals surface area contributed by atoms with E-state index in [1.807, 2.05) is 18.2 Å². The van der Waals surface area contributed by atoms with Gasteiger partial charge in [0.25, 0.3) is 0 Å². The minimum atomic E-state index is 0.593. The van der Waals surface area contributed by atoms with E-state index in [0.29, 0.717) is 12.0 Å². The predicted molar refractivity (Wildman–Crippen MR) is 60.3 cm³/mol. The highest BCUT2D eigenvalue weighted by molar-refractivity contribution is 5.60. The minimum Gasteiger partial charge on any atom is -0.369 e. The van der Waals surface area contributed by atoms with Crippen LogP contribution in [0.3, 0.4) is 0 Å². The lowest BCUT2D eigenvalue weighted by Crippen LogP contribution is -1.98. The van der Waals surface area contributed by atoms with Crippen molar-refractivity contribution in [3.63, 3.8) is 0 Å². The summed E-state index contributed by atoms with van der Waals surface area (Å²) in [6.45, 7) is 0. The van der Waals surface area contributed by atoms with Gasteiger partial charge in [-0.25, -0.2) is 4.98 Å². The zero-order chi connectivity index (χ0) is 10.3. The van der Waals surface area contributed by atoms with Crippen LogP contribution in [0.2, 0.25) is 0 Å². The van der Waals surface area contributed by atoms with Crippen LogP contribution in [0.5, 0.6) is 0 Å². The highest BCUT2D eigenvalue weighted by Gasteiger charge is 2.25. The molecule has 2 N–H and O–H groups in total. The van der Waals surface area contributed by atoms with Gasteiger partial charge in [0.2, 0.25) is 5.95 Å². The molecule has 1 saturated carbocycles. The van der Waals surface area contributed by atoms with E-state index in [0.717, 1.165) is 11.3 Å². The maximum absolute atomic E-state index is 5.87. The number of benzene rings is 1. The van der Waals surface area contributed by atoms with Crippen molar-refractivity contribution in [2.45, 2.75) is 18.9 Å². The molecule has 1 fully saturated rings. The number of nitrogen functional groups attached to an aromatic ring is 1. The van der Waals surface area contributed by atoms with Gasteiger partial charge in [-0.15, -0.1) is 0 Å². The van der Waals surface area contributed by atoms with Crippen molar-refractivity contribution in [2.75, 3.05) is 5.73 Å².